The zero-order valence-electron chi connectivity index (χ0n) is 16.9. The smallest absolute Gasteiger partial charge is 0.410 e. The number of amides is 1. The topological polar surface area (TPSA) is 42.0 Å². The second kappa shape index (κ2) is 9.22. The number of hydrogen-bond acceptors (Lipinski definition) is 4. The van der Waals surface area contributed by atoms with Crippen LogP contribution >= 0.6 is 0 Å². The molecule has 1 saturated heterocycles. The van der Waals surface area contributed by atoms with Gasteiger partial charge in [-0.15, -0.1) is 0 Å². The minimum Gasteiger partial charge on any atom is -0.444 e. The number of ether oxygens (including phenoxy) is 2. The fourth-order valence-electron chi connectivity index (χ4n) is 3.88. The molecule has 5 nitrogen and oxygen atoms in total. The second-order valence-corrected chi connectivity index (χ2v) is 8.84. The lowest BCUT2D eigenvalue weighted by Gasteiger charge is -2.37. The number of likely N-dealkylation sites (tertiary alicyclic amines) is 1. The van der Waals surface area contributed by atoms with E-state index in [2.05, 4.69) is 11.8 Å². The fourth-order valence-corrected chi connectivity index (χ4v) is 3.88. The minimum absolute atomic E-state index is 0.208. The number of piperidine rings is 1. The van der Waals surface area contributed by atoms with Gasteiger partial charge >= 0.3 is 6.09 Å². The highest BCUT2D eigenvalue weighted by Crippen LogP contribution is 2.26. The molecule has 5 heteroatoms. The molecule has 0 spiro atoms. The Hall–Kier alpha value is -0.810. The molecule has 0 N–H and O–H groups in total. The fraction of sp³-hybridized carbons (Fsp3) is 0.950. The molecule has 2 rings (SSSR count). The summed E-state index contributed by atoms with van der Waals surface area (Å²) in [5.74, 6) is 0.710. The van der Waals surface area contributed by atoms with Gasteiger partial charge in [-0.2, -0.15) is 0 Å². The Labute approximate surface area is 154 Å². The molecule has 0 aromatic heterocycles. The van der Waals surface area contributed by atoms with Crippen LogP contribution in [0.25, 0.3) is 0 Å². The van der Waals surface area contributed by atoms with E-state index in [4.69, 9.17) is 9.47 Å². The zero-order chi connectivity index (χ0) is 18.4. The number of carbonyl (C=O) groups excluding carboxylic acids is 1. The van der Waals surface area contributed by atoms with Crippen LogP contribution in [0.15, 0.2) is 0 Å². The van der Waals surface area contributed by atoms with Crippen LogP contribution in [0.5, 0.6) is 0 Å². The molecule has 25 heavy (non-hydrogen) atoms. The summed E-state index contributed by atoms with van der Waals surface area (Å²) in [6.45, 7) is 12.0. The Balaban J connectivity index is 1.64. The van der Waals surface area contributed by atoms with E-state index in [-0.39, 0.29) is 12.1 Å². The standard InChI is InChI=1S/C20H38N2O3/c1-16-8-6-7-9-18(16)24-15-14-22-12-10-17(11-13-22)21(5)19(23)25-20(2,3)4/h16-18H,6-15H2,1-5H3. The molecule has 1 amide bonds. The van der Waals surface area contributed by atoms with Gasteiger partial charge in [0, 0.05) is 32.7 Å². The molecule has 1 saturated carbocycles. The largest absolute Gasteiger partial charge is 0.444 e. The molecule has 2 atom stereocenters. The van der Waals surface area contributed by atoms with E-state index >= 15 is 0 Å². The Kier molecular flexibility index (Phi) is 7.56. The van der Waals surface area contributed by atoms with E-state index in [0.29, 0.717) is 12.0 Å². The molecule has 146 valence electrons. The van der Waals surface area contributed by atoms with Crippen LogP contribution in [0.2, 0.25) is 0 Å². The van der Waals surface area contributed by atoms with Gasteiger partial charge in [0.2, 0.25) is 0 Å². The minimum atomic E-state index is -0.431. The van der Waals surface area contributed by atoms with Gasteiger partial charge in [-0.3, -0.25) is 0 Å². The highest BCUT2D eigenvalue weighted by Gasteiger charge is 2.28. The lowest BCUT2D eigenvalue weighted by Crippen LogP contribution is -2.47. The van der Waals surface area contributed by atoms with Crippen molar-refractivity contribution >= 4 is 6.09 Å². The van der Waals surface area contributed by atoms with Gasteiger partial charge in [0.1, 0.15) is 5.60 Å². The summed E-state index contributed by atoms with van der Waals surface area (Å²) in [4.78, 5) is 16.4. The second-order valence-electron chi connectivity index (χ2n) is 8.84. The lowest BCUT2D eigenvalue weighted by molar-refractivity contribution is -0.0189. The van der Waals surface area contributed by atoms with Crippen molar-refractivity contribution in [2.24, 2.45) is 5.92 Å². The molecule has 2 fully saturated rings. The van der Waals surface area contributed by atoms with Crippen molar-refractivity contribution in [2.75, 3.05) is 33.3 Å². The SMILES string of the molecule is CC1CCCCC1OCCN1CCC(N(C)C(=O)OC(C)(C)C)CC1. The molecular formula is C20H38N2O3. The van der Waals surface area contributed by atoms with Crippen LogP contribution in [0, 0.1) is 5.92 Å². The molecule has 0 radical (unpaired) electrons. The third kappa shape index (κ3) is 6.78. The number of nitrogens with zero attached hydrogens (tertiary/aromatic N) is 2. The summed E-state index contributed by atoms with van der Waals surface area (Å²) in [7, 11) is 1.86. The Morgan fingerprint density at radius 3 is 2.36 bits per heavy atom. The maximum atomic E-state index is 12.2. The molecule has 0 aromatic carbocycles. The first-order chi connectivity index (χ1) is 11.8. The summed E-state index contributed by atoms with van der Waals surface area (Å²) in [6, 6.07) is 0.283. The molecule has 0 aromatic rings. The highest BCUT2D eigenvalue weighted by atomic mass is 16.6. The van der Waals surface area contributed by atoms with Crippen LogP contribution in [0.3, 0.4) is 0 Å². The van der Waals surface area contributed by atoms with Gasteiger partial charge < -0.3 is 19.3 Å². The monoisotopic (exact) mass is 354 g/mol. The van der Waals surface area contributed by atoms with Gasteiger partial charge in [-0.05, 0) is 52.4 Å². The van der Waals surface area contributed by atoms with Gasteiger partial charge in [0.05, 0.1) is 12.7 Å². The summed E-state index contributed by atoms with van der Waals surface area (Å²) < 4.78 is 11.6. The summed E-state index contributed by atoms with van der Waals surface area (Å²) in [5.41, 5.74) is -0.431. The average molecular weight is 355 g/mol. The van der Waals surface area contributed by atoms with Crippen LogP contribution in [-0.2, 0) is 9.47 Å². The Bertz CT molecular complexity index is 414. The van der Waals surface area contributed by atoms with Crippen molar-refractivity contribution in [1.29, 1.82) is 0 Å². The first kappa shape index (κ1) is 20.5. The first-order valence-electron chi connectivity index (χ1n) is 10.1. The van der Waals surface area contributed by atoms with Gasteiger partial charge in [-0.1, -0.05) is 19.8 Å². The molecule has 1 aliphatic carbocycles. The number of hydrogen-bond donors (Lipinski definition) is 0. The van der Waals surface area contributed by atoms with E-state index in [9.17, 15) is 4.79 Å². The average Bonchev–Trinajstić information content (AvgIpc) is 2.55. The van der Waals surface area contributed by atoms with Crippen molar-refractivity contribution in [3.63, 3.8) is 0 Å². The van der Waals surface area contributed by atoms with Gasteiger partial charge in [-0.25, -0.2) is 4.79 Å². The molecule has 1 heterocycles. The van der Waals surface area contributed by atoms with Crippen LogP contribution in [0.1, 0.15) is 66.2 Å². The van der Waals surface area contributed by atoms with Crippen molar-refractivity contribution in [2.45, 2.75) is 84.0 Å². The quantitative estimate of drug-likeness (QED) is 0.750. The predicted octanol–water partition coefficient (Wildman–Crippen LogP) is 3.91. The number of carbonyl (C=O) groups is 1. The maximum Gasteiger partial charge on any atom is 0.410 e. The Morgan fingerprint density at radius 2 is 1.76 bits per heavy atom. The Morgan fingerprint density at radius 1 is 1.12 bits per heavy atom. The molecule has 0 bridgehead atoms. The van der Waals surface area contributed by atoms with Crippen molar-refractivity contribution < 1.29 is 14.3 Å². The van der Waals surface area contributed by atoms with Crippen LogP contribution < -0.4 is 0 Å². The summed E-state index contributed by atoms with van der Waals surface area (Å²) in [6.07, 6.45) is 7.49. The summed E-state index contributed by atoms with van der Waals surface area (Å²) in [5, 5.41) is 0. The van der Waals surface area contributed by atoms with Gasteiger partial charge in [0.25, 0.3) is 0 Å². The van der Waals surface area contributed by atoms with Crippen molar-refractivity contribution in [3.8, 4) is 0 Å². The molecule has 2 aliphatic rings. The third-order valence-corrected chi connectivity index (χ3v) is 5.56. The maximum absolute atomic E-state index is 12.2. The van der Waals surface area contributed by atoms with Crippen LogP contribution in [0.4, 0.5) is 4.79 Å². The van der Waals surface area contributed by atoms with Gasteiger partial charge in [0.15, 0.2) is 0 Å². The van der Waals surface area contributed by atoms with Crippen molar-refractivity contribution in [1.82, 2.24) is 9.80 Å². The normalized spacial score (nSPS) is 26.4. The van der Waals surface area contributed by atoms with E-state index in [0.717, 1.165) is 39.1 Å². The number of rotatable bonds is 5. The highest BCUT2D eigenvalue weighted by molar-refractivity contribution is 5.68. The zero-order valence-corrected chi connectivity index (χ0v) is 16.9. The summed E-state index contributed by atoms with van der Waals surface area (Å²) >= 11 is 0. The molecular weight excluding hydrogens is 316 g/mol. The molecule has 1 aliphatic heterocycles. The van der Waals surface area contributed by atoms with Crippen molar-refractivity contribution in [3.05, 3.63) is 0 Å². The predicted molar refractivity (Wildman–Crippen MR) is 101 cm³/mol. The van der Waals surface area contributed by atoms with E-state index in [1.807, 2.05) is 27.8 Å². The van der Waals surface area contributed by atoms with E-state index < -0.39 is 5.60 Å². The van der Waals surface area contributed by atoms with E-state index in [1.54, 1.807) is 4.90 Å². The van der Waals surface area contributed by atoms with Crippen LogP contribution in [-0.4, -0.2) is 66.9 Å². The first-order valence-corrected chi connectivity index (χ1v) is 10.1. The lowest BCUT2D eigenvalue weighted by atomic mass is 9.88. The molecule has 2 unspecified atom stereocenters. The van der Waals surface area contributed by atoms with E-state index in [1.165, 1.54) is 25.7 Å². The third-order valence-electron chi connectivity index (χ3n) is 5.56.